The van der Waals surface area contributed by atoms with Crippen molar-refractivity contribution in [2.45, 2.75) is 26.8 Å². The third-order valence-electron chi connectivity index (χ3n) is 3.25. The SMILES string of the molecule is CNC(c1cncc(C)c1)c1ccc(C)cc1C. The third kappa shape index (κ3) is 2.59. The summed E-state index contributed by atoms with van der Waals surface area (Å²) in [5.74, 6) is 0. The molecule has 0 saturated heterocycles. The van der Waals surface area contributed by atoms with Crippen molar-refractivity contribution in [1.29, 1.82) is 0 Å². The molecule has 1 heterocycles. The number of hydrogen-bond acceptors (Lipinski definition) is 2. The lowest BCUT2D eigenvalue weighted by atomic mass is 9.94. The van der Waals surface area contributed by atoms with Crippen LogP contribution < -0.4 is 5.32 Å². The molecule has 0 radical (unpaired) electrons. The normalized spacial score (nSPS) is 12.4. The minimum atomic E-state index is 0.206. The fraction of sp³-hybridized carbons (Fsp3) is 0.312. The highest BCUT2D eigenvalue weighted by Crippen LogP contribution is 2.25. The molecule has 0 spiro atoms. The molecule has 1 atom stereocenters. The van der Waals surface area contributed by atoms with Gasteiger partial charge in [0, 0.05) is 12.4 Å². The molecule has 1 aromatic carbocycles. The molecule has 2 aromatic rings. The summed E-state index contributed by atoms with van der Waals surface area (Å²) in [6.07, 6.45) is 3.83. The Hall–Kier alpha value is -1.67. The van der Waals surface area contributed by atoms with Crippen LogP contribution in [0.1, 0.15) is 33.9 Å². The van der Waals surface area contributed by atoms with Gasteiger partial charge in [-0.15, -0.1) is 0 Å². The van der Waals surface area contributed by atoms with Gasteiger partial charge in [0.05, 0.1) is 6.04 Å². The molecular weight excluding hydrogens is 220 g/mol. The van der Waals surface area contributed by atoms with Gasteiger partial charge in [-0.25, -0.2) is 0 Å². The smallest absolute Gasteiger partial charge is 0.0592 e. The van der Waals surface area contributed by atoms with E-state index in [4.69, 9.17) is 0 Å². The summed E-state index contributed by atoms with van der Waals surface area (Å²) in [5.41, 5.74) is 6.33. The second kappa shape index (κ2) is 5.32. The zero-order valence-electron chi connectivity index (χ0n) is 11.5. The second-order valence-corrected chi connectivity index (χ2v) is 4.88. The Bertz CT molecular complexity index is 547. The largest absolute Gasteiger partial charge is 0.309 e. The van der Waals surface area contributed by atoms with Crippen LogP contribution >= 0.6 is 0 Å². The maximum Gasteiger partial charge on any atom is 0.0592 e. The topological polar surface area (TPSA) is 24.9 Å². The van der Waals surface area contributed by atoms with Gasteiger partial charge in [0.1, 0.15) is 0 Å². The molecule has 0 fully saturated rings. The van der Waals surface area contributed by atoms with Crippen molar-refractivity contribution in [3.8, 4) is 0 Å². The van der Waals surface area contributed by atoms with E-state index < -0.39 is 0 Å². The number of aryl methyl sites for hydroxylation is 3. The fourth-order valence-corrected chi connectivity index (χ4v) is 2.39. The highest BCUT2D eigenvalue weighted by atomic mass is 14.9. The summed E-state index contributed by atoms with van der Waals surface area (Å²) >= 11 is 0. The van der Waals surface area contributed by atoms with E-state index in [-0.39, 0.29) is 6.04 Å². The lowest BCUT2D eigenvalue weighted by Gasteiger charge is -2.19. The highest BCUT2D eigenvalue weighted by molar-refractivity contribution is 5.38. The van der Waals surface area contributed by atoms with Crippen LogP contribution in [0.25, 0.3) is 0 Å². The molecule has 2 heteroatoms. The Kier molecular flexibility index (Phi) is 3.78. The van der Waals surface area contributed by atoms with Crippen molar-refractivity contribution in [2.75, 3.05) is 7.05 Å². The number of aromatic nitrogens is 1. The molecular formula is C16H20N2. The quantitative estimate of drug-likeness (QED) is 0.890. The molecule has 0 bridgehead atoms. The molecule has 0 aliphatic carbocycles. The molecule has 2 rings (SSSR count). The predicted molar refractivity (Wildman–Crippen MR) is 75.8 cm³/mol. The van der Waals surface area contributed by atoms with Crippen molar-refractivity contribution in [3.63, 3.8) is 0 Å². The minimum absolute atomic E-state index is 0.206. The van der Waals surface area contributed by atoms with Gasteiger partial charge in [-0.3, -0.25) is 4.98 Å². The van der Waals surface area contributed by atoms with Crippen LogP contribution in [-0.2, 0) is 0 Å². The Morgan fingerprint density at radius 2 is 1.78 bits per heavy atom. The second-order valence-electron chi connectivity index (χ2n) is 4.88. The minimum Gasteiger partial charge on any atom is -0.309 e. The number of rotatable bonds is 3. The summed E-state index contributed by atoms with van der Waals surface area (Å²) in [6.45, 7) is 6.36. The Balaban J connectivity index is 2.45. The van der Waals surface area contributed by atoms with E-state index in [0.29, 0.717) is 0 Å². The first-order valence-corrected chi connectivity index (χ1v) is 6.28. The first-order valence-electron chi connectivity index (χ1n) is 6.28. The first kappa shape index (κ1) is 12.8. The molecule has 0 aliphatic heterocycles. The standard InChI is InChI=1S/C16H20N2/c1-11-5-6-15(13(3)7-11)16(17-4)14-8-12(2)9-18-10-14/h5-10,16-17H,1-4H3. The van der Waals surface area contributed by atoms with Crippen LogP contribution in [0.15, 0.2) is 36.7 Å². The molecule has 1 N–H and O–H groups in total. The van der Waals surface area contributed by atoms with E-state index in [1.807, 2.05) is 19.4 Å². The van der Waals surface area contributed by atoms with E-state index in [1.165, 1.54) is 27.8 Å². The monoisotopic (exact) mass is 240 g/mol. The van der Waals surface area contributed by atoms with E-state index in [9.17, 15) is 0 Å². The van der Waals surface area contributed by atoms with Gasteiger partial charge >= 0.3 is 0 Å². The first-order chi connectivity index (χ1) is 8.61. The van der Waals surface area contributed by atoms with Crippen LogP contribution in [-0.4, -0.2) is 12.0 Å². The van der Waals surface area contributed by atoms with Gasteiger partial charge in [-0.1, -0.05) is 29.8 Å². The third-order valence-corrected chi connectivity index (χ3v) is 3.25. The Morgan fingerprint density at radius 3 is 2.39 bits per heavy atom. The van der Waals surface area contributed by atoms with Crippen molar-refractivity contribution in [2.24, 2.45) is 0 Å². The maximum absolute atomic E-state index is 4.29. The number of hydrogen-bond donors (Lipinski definition) is 1. The lowest BCUT2D eigenvalue weighted by molar-refractivity contribution is 0.683. The van der Waals surface area contributed by atoms with Crippen molar-refractivity contribution in [1.82, 2.24) is 10.3 Å². The zero-order chi connectivity index (χ0) is 13.1. The fourth-order valence-electron chi connectivity index (χ4n) is 2.39. The summed E-state index contributed by atoms with van der Waals surface area (Å²) in [6, 6.07) is 8.98. The summed E-state index contributed by atoms with van der Waals surface area (Å²) in [7, 11) is 1.99. The maximum atomic E-state index is 4.29. The molecule has 1 aromatic heterocycles. The van der Waals surface area contributed by atoms with Gasteiger partial charge in [-0.2, -0.15) is 0 Å². The molecule has 1 unspecified atom stereocenters. The van der Waals surface area contributed by atoms with Crippen LogP contribution in [0.5, 0.6) is 0 Å². The van der Waals surface area contributed by atoms with Gasteiger partial charge in [0.25, 0.3) is 0 Å². The predicted octanol–water partition coefficient (Wildman–Crippen LogP) is 3.32. The van der Waals surface area contributed by atoms with Crippen molar-refractivity contribution in [3.05, 3.63) is 64.5 Å². The zero-order valence-corrected chi connectivity index (χ0v) is 11.5. The van der Waals surface area contributed by atoms with E-state index in [2.05, 4.69) is 55.3 Å². The van der Waals surface area contributed by atoms with Gasteiger partial charge in [0.15, 0.2) is 0 Å². The molecule has 0 amide bonds. The Morgan fingerprint density at radius 1 is 1.00 bits per heavy atom. The van der Waals surface area contributed by atoms with Gasteiger partial charge in [-0.05, 0) is 50.1 Å². The van der Waals surface area contributed by atoms with Gasteiger partial charge in [0.2, 0.25) is 0 Å². The molecule has 18 heavy (non-hydrogen) atoms. The summed E-state index contributed by atoms with van der Waals surface area (Å²) < 4.78 is 0. The van der Waals surface area contributed by atoms with Crippen LogP contribution in [0.3, 0.4) is 0 Å². The van der Waals surface area contributed by atoms with E-state index >= 15 is 0 Å². The molecule has 0 saturated carbocycles. The molecule has 0 aliphatic rings. The number of nitrogens with one attached hydrogen (secondary N) is 1. The van der Waals surface area contributed by atoms with E-state index in [0.717, 1.165) is 0 Å². The average molecular weight is 240 g/mol. The number of nitrogens with zero attached hydrogens (tertiary/aromatic N) is 1. The molecule has 2 nitrogen and oxygen atoms in total. The highest BCUT2D eigenvalue weighted by Gasteiger charge is 2.14. The summed E-state index contributed by atoms with van der Waals surface area (Å²) in [4.78, 5) is 4.29. The lowest BCUT2D eigenvalue weighted by Crippen LogP contribution is -2.19. The van der Waals surface area contributed by atoms with Crippen molar-refractivity contribution >= 4 is 0 Å². The molecule has 94 valence electrons. The van der Waals surface area contributed by atoms with Crippen LogP contribution in [0.2, 0.25) is 0 Å². The summed E-state index contributed by atoms with van der Waals surface area (Å²) in [5, 5.41) is 3.38. The number of pyridine rings is 1. The number of benzene rings is 1. The average Bonchev–Trinajstić information content (AvgIpc) is 2.33. The van der Waals surface area contributed by atoms with Gasteiger partial charge < -0.3 is 5.32 Å². The van der Waals surface area contributed by atoms with Crippen molar-refractivity contribution < 1.29 is 0 Å². The van der Waals surface area contributed by atoms with Crippen LogP contribution in [0.4, 0.5) is 0 Å². The van der Waals surface area contributed by atoms with E-state index in [1.54, 1.807) is 0 Å². The Labute approximate surface area is 109 Å². The van der Waals surface area contributed by atoms with Crippen LogP contribution in [0, 0.1) is 20.8 Å².